The van der Waals surface area contributed by atoms with Crippen LogP contribution in [-0.4, -0.2) is 0 Å². The molecule has 0 bridgehead atoms. The topological polar surface area (TPSA) is 21.4 Å². The molecule has 0 unspecified atom stereocenters. The molecule has 0 fully saturated rings. The summed E-state index contributed by atoms with van der Waals surface area (Å²) < 4.78 is 8.57. The molecular weight excluding hydrogens is 344 g/mol. The van der Waals surface area contributed by atoms with E-state index in [1.807, 2.05) is 13.0 Å². The predicted octanol–water partition coefficient (Wildman–Crippen LogP) is 6.44. The average Bonchev–Trinajstić information content (AvgIpc) is 3.01. The van der Waals surface area contributed by atoms with Crippen molar-refractivity contribution < 1.29 is 8.98 Å². The molecule has 0 aliphatic rings. The highest BCUT2D eigenvalue weighted by atomic mass is 16.3. The maximum Gasteiger partial charge on any atom is 0.216 e. The van der Waals surface area contributed by atoms with Gasteiger partial charge in [0.25, 0.3) is 0 Å². The zero-order valence-electron chi connectivity index (χ0n) is 17.1. The van der Waals surface area contributed by atoms with Crippen LogP contribution in [0.5, 0.6) is 0 Å². The van der Waals surface area contributed by atoms with Crippen molar-refractivity contribution in [1.29, 1.82) is 0 Å². The standard InChI is InChI=1S/C25H25N2O/c1-15(2)13-18-14-20-19-11-10-16(3)22(21-9-7-8-12-27(21)6)25(19)28-24(20)17(4)23(18)26-5/h7-12,14-15H,13H2,1-4,6H3/q+1. The summed E-state index contributed by atoms with van der Waals surface area (Å²) in [5.41, 5.74) is 7.95. The number of benzene rings is 2. The minimum atomic E-state index is 0.497. The lowest BCUT2D eigenvalue weighted by molar-refractivity contribution is -0.660. The summed E-state index contributed by atoms with van der Waals surface area (Å²) in [5, 5.41) is 2.22. The Bertz CT molecular complexity index is 1260. The number of rotatable bonds is 3. The normalized spacial score (nSPS) is 11.5. The van der Waals surface area contributed by atoms with Crippen molar-refractivity contribution in [1.82, 2.24) is 0 Å². The number of fused-ring (bicyclic) bond motifs is 3. The van der Waals surface area contributed by atoms with Crippen molar-refractivity contribution in [3.63, 3.8) is 0 Å². The maximum atomic E-state index is 7.70. The van der Waals surface area contributed by atoms with E-state index in [2.05, 4.69) is 73.8 Å². The SMILES string of the molecule is [C-]#[N+]c1c(CC(C)C)cc2c(oc3c(-c4cccc[n+]4C)c(C)ccc32)c1C. The van der Waals surface area contributed by atoms with E-state index >= 15 is 0 Å². The first-order valence-corrected chi connectivity index (χ1v) is 9.73. The molecule has 28 heavy (non-hydrogen) atoms. The zero-order valence-corrected chi connectivity index (χ0v) is 17.1. The van der Waals surface area contributed by atoms with E-state index < -0.39 is 0 Å². The first kappa shape index (κ1) is 18.3. The number of aryl methyl sites for hydroxylation is 3. The second-order valence-corrected chi connectivity index (χ2v) is 8.03. The Labute approximate surface area is 166 Å². The molecular formula is C25H25N2O+. The van der Waals surface area contributed by atoms with Gasteiger partial charge in [0.05, 0.1) is 12.1 Å². The summed E-state index contributed by atoms with van der Waals surface area (Å²) >= 11 is 0. The van der Waals surface area contributed by atoms with Crippen molar-refractivity contribution in [2.24, 2.45) is 13.0 Å². The molecule has 0 radical (unpaired) electrons. The number of pyridine rings is 1. The van der Waals surface area contributed by atoms with Crippen LogP contribution in [0.25, 0.3) is 38.0 Å². The van der Waals surface area contributed by atoms with Crippen molar-refractivity contribution in [3.8, 4) is 11.3 Å². The lowest BCUT2D eigenvalue weighted by atomic mass is 9.95. The van der Waals surface area contributed by atoms with Crippen LogP contribution in [0.15, 0.2) is 47.0 Å². The monoisotopic (exact) mass is 369 g/mol. The van der Waals surface area contributed by atoms with Gasteiger partial charge >= 0.3 is 0 Å². The van der Waals surface area contributed by atoms with E-state index in [0.717, 1.165) is 56.4 Å². The number of hydrogen-bond donors (Lipinski definition) is 0. The van der Waals surface area contributed by atoms with E-state index in [9.17, 15) is 0 Å². The van der Waals surface area contributed by atoms with E-state index in [-0.39, 0.29) is 0 Å². The molecule has 2 aromatic carbocycles. The van der Waals surface area contributed by atoms with Gasteiger partial charge in [-0.05, 0) is 48.9 Å². The van der Waals surface area contributed by atoms with Gasteiger partial charge in [-0.15, -0.1) is 0 Å². The van der Waals surface area contributed by atoms with Crippen LogP contribution in [0.4, 0.5) is 5.69 Å². The van der Waals surface area contributed by atoms with E-state index in [4.69, 9.17) is 11.0 Å². The molecule has 0 aliphatic carbocycles. The Balaban J connectivity index is 2.12. The molecule has 4 aromatic rings. The third kappa shape index (κ3) is 2.77. The van der Waals surface area contributed by atoms with Gasteiger partial charge in [-0.3, -0.25) is 0 Å². The smallest absolute Gasteiger partial charge is 0.216 e. The third-order valence-corrected chi connectivity index (χ3v) is 5.47. The van der Waals surface area contributed by atoms with Gasteiger partial charge in [-0.2, -0.15) is 0 Å². The molecule has 0 saturated heterocycles. The summed E-state index contributed by atoms with van der Waals surface area (Å²) in [7, 11) is 2.05. The molecule has 3 nitrogen and oxygen atoms in total. The number of aromatic nitrogens is 1. The molecule has 0 amide bonds. The van der Waals surface area contributed by atoms with Gasteiger partial charge < -0.3 is 4.42 Å². The van der Waals surface area contributed by atoms with Crippen LogP contribution in [0.3, 0.4) is 0 Å². The fraction of sp³-hybridized carbons (Fsp3) is 0.280. The maximum absolute atomic E-state index is 7.70. The van der Waals surface area contributed by atoms with Crippen LogP contribution in [0.1, 0.15) is 30.5 Å². The van der Waals surface area contributed by atoms with E-state index in [1.165, 1.54) is 5.56 Å². The van der Waals surface area contributed by atoms with E-state index in [0.29, 0.717) is 5.92 Å². The molecule has 0 N–H and O–H groups in total. The summed E-state index contributed by atoms with van der Waals surface area (Å²) in [5.74, 6) is 0.497. The Kier molecular flexibility index (Phi) is 4.43. The highest BCUT2D eigenvalue weighted by Gasteiger charge is 2.22. The number of furan rings is 1. The second kappa shape index (κ2) is 6.80. The van der Waals surface area contributed by atoms with Gasteiger partial charge in [0.2, 0.25) is 5.69 Å². The summed E-state index contributed by atoms with van der Waals surface area (Å²) in [4.78, 5) is 3.84. The predicted molar refractivity (Wildman–Crippen MR) is 115 cm³/mol. The Hall–Kier alpha value is -3.12. The van der Waals surface area contributed by atoms with Gasteiger partial charge in [0.1, 0.15) is 18.2 Å². The van der Waals surface area contributed by atoms with Gasteiger partial charge in [0, 0.05) is 22.9 Å². The van der Waals surface area contributed by atoms with Crippen LogP contribution in [0.2, 0.25) is 0 Å². The largest absolute Gasteiger partial charge is 0.456 e. The van der Waals surface area contributed by atoms with Crippen molar-refractivity contribution in [2.75, 3.05) is 0 Å². The summed E-state index contributed by atoms with van der Waals surface area (Å²) in [6.45, 7) is 16.2. The number of nitrogens with zero attached hydrogens (tertiary/aromatic N) is 2. The van der Waals surface area contributed by atoms with Gasteiger partial charge in [0.15, 0.2) is 11.9 Å². The van der Waals surface area contributed by atoms with Crippen LogP contribution in [0, 0.1) is 26.3 Å². The highest BCUT2D eigenvalue weighted by molar-refractivity contribution is 6.11. The average molecular weight is 369 g/mol. The zero-order chi connectivity index (χ0) is 20.0. The van der Waals surface area contributed by atoms with Crippen LogP contribution >= 0.6 is 0 Å². The van der Waals surface area contributed by atoms with E-state index in [1.54, 1.807) is 0 Å². The fourth-order valence-electron chi connectivity index (χ4n) is 4.14. The van der Waals surface area contributed by atoms with Crippen molar-refractivity contribution >= 4 is 27.6 Å². The summed E-state index contributed by atoms with van der Waals surface area (Å²) in [6, 6.07) is 12.7. The Morgan fingerprint density at radius 3 is 2.54 bits per heavy atom. The van der Waals surface area contributed by atoms with Crippen molar-refractivity contribution in [2.45, 2.75) is 34.1 Å². The van der Waals surface area contributed by atoms with Crippen LogP contribution < -0.4 is 4.57 Å². The van der Waals surface area contributed by atoms with Crippen molar-refractivity contribution in [3.05, 3.63) is 70.7 Å². The Morgan fingerprint density at radius 1 is 1.07 bits per heavy atom. The lowest BCUT2D eigenvalue weighted by Gasteiger charge is -2.10. The fourth-order valence-corrected chi connectivity index (χ4v) is 4.14. The number of hydrogen-bond acceptors (Lipinski definition) is 1. The molecule has 140 valence electrons. The molecule has 3 heteroatoms. The molecule has 0 atom stereocenters. The molecule has 0 saturated carbocycles. The van der Waals surface area contributed by atoms with Gasteiger partial charge in [-0.1, -0.05) is 32.0 Å². The first-order valence-electron chi connectivity index (χ1n) is 9.73. The molecule has 2 heterocycles. The lowest BCUT2D eigenvalue weighted by Crippen LogP contribution is -2.30. The minimum Gasteiger partial charge on any atom is -0.456 e. The summed E-state index contributed by atoms with van der Waals surface area (Å²) in [6.07, 6.45) is 2.95. The first-order chi connectivity index (χ1) is 13.4. The second-order valence-electron chi connectivity index (χ2n) is 8.03. The quantitative estimate of drug-likeness (QED) is 0.301. The van der Waals surface area contributed by atoms with Gasteiger partial charge in [-0.25, -0.2) is 9.41 Å². The molecule has 4 rings (SSSR count). The Morgan fingerprint density at radius 2 is 1.86 bits per heavy atom. The molecule has 0 aliphatic heterocycles. The highest BCUT2D eigenvalue weighted by Crippen LogP contribution is 2.42. The molecule has 2 aromatic heterocycles. The minimum absolute atomic E-state index is 0.497. The third-order valence-electron chi connectivity index (χ3n) is 5.47. The van der Waals surface area contributed by atoms with Crippen LogP contribution in [-0.2, 0) is 13.5 Å². The molecule has 0 spiro atoms.